The van der Waals surface area contributed by atoms with E-state index < -0.39 is 0 Å². The number of piperidine rings is 1. The van der Waals surface area contributed by atoms with Gasteiger partial charge in [0.1, 0.15) is 5.82 Å². The van der Waals surface area contributed by atoms with Crippen LogP contribution in [-0.4, -0.2) is 46.0 Å². The predicted molar refractivity (Wildman–Crippen MR) is 83.0 cm³/mol. The van der Waals surface area contributed by atoms with Crippen LogP contribution in [0, 0.1) is 0 Å². The second-order valence-corrected chi connectivity index (χ2v) is 5.54. The van der Waals surface area contributed by atoms with Crippen molar-refractivity contribution in [3.05, 3.63) is 48.7 Å². The molecular formula is C16H21N5. The fourth-order valence-corrected chi connectivity index (χ4v) is 2.86. The smallest absolute Gasteiger partial charge is 0.128 e. The van der Waals surface area contributed by atoms with Gasteiger partial charge in [-0.3, -0.25) is 14.9 Å². The van der Waals surface area contributed by atoms with E-state index in [1.165, 1.54) is 12.8 Å². The normalized spacial score (nSPS) is 19.0. The molecule has 21 heavy (non-hydrogen) atoms. The average Bonchev–Trinajstić information content (AvgIpc) is 2.57. The number of nitrogens with zero attached hydrogens (tertiary/aromatic N) is 5. The van der Waals surface area contributed by atoms with E-state index in [1.54, 1.807) is 12.4 Å². The van der Waals surface area contributed by atoms with Crippen LogP contribution in [0.2, 0.25) is 0 Å². The van der Waals surface area contributed by atoms with Crippen molar-refractivity contribution in [2.45, 2.75) is 25.4 Å². The van der Waals surface area contributed by atoms with Crippen LogP contribution in [0.3, 0.4) is 0 Å². The minimum absolute atomic E-state index is 0.530. The fourth-order valence-electron chi connectivity index (χ4n) is 2.86. The second-order valence-electron chi connectivity index (χ2n) is 5.54. The van der Waals surface area contributed by atoms with Crippen molar-refractivity contribution in [2.75, 3.05) is 25.0 Å². The van der Waals surface area contributed by atoms with E-state index >= 15 is 0 Å². The summed E-state index contributed by atoms with van der Waals surface area (Å²) in [5, 5.41) is 0. The molecule has 110 valence electrons. The van der Waals surface area contributed by atoms with E-state index in [1.807, 2.05) is 18.5 Å². The fraction of sp³-hybridized carbons (Fsp3) is 0.438. The molecule has 0 radical (unpaired) electrons. The maximum atomic E-state index is 4.47. The molecule has 2 aromatic heterocycles. The molecule has 0 N–H and O–H groups in total. The molecule has 0 aliphatic carbocycles. The van der Waals surface area contributed by atoms with Gasteiger partial charge in [-0.1, -0.05) is 6.07 Å². The zero-order chi connectivity index (χ0) is 14.5. The van der Waals surface area contributed by atoms with Gasteiger partial charge in [-0.25, -0.2) is 4.98 Å². The van der Waals surface area contributed by atoms with Crippen LogP contribution in [0.1, 0.15) is 18.5 Å². The molecule has 1 unspecified atom stereocenters. The van der Waals surface area contributed by atoms with Gasteiger partial charge in [0.2, 0.25) is 0 Å². The number of anilines is 1. The molecule has 0 bridgehead atoms. The number of hydrogen-bond donors (Lipinski definition) is 0. The Morgan fingerprint density at radius 3 is 2.95 bits per heavy atom. The Labute approximate surface area is 125 Å². The van der Waals surface area contributed by atoms with Gasteiger partial charge >= 0.3 is 0 Å². The van der Waals surface area contributed by atoms with E-state index in [0.717, 1.165) is 31.1 Å². The summed E-state index contributed by atoms with van der Waals surface area (Å²) in [6.45, 7) is 2.95. The first-order valence-corrected chi connectivity index (χ1v) is 7.44. The molecule has 2 aromatic rings. The Bertz CT molecular complexity index is 545. The molecule has 0 spiro atoms. The molecular weight excluding hydrogens is 262 g/mol. The SMILES string of the molecule is CN(Cc1cnccn1)C1CCCN(c2ccccn2)C1. The Kier molecular flexibility index (Phi) is 4.40. The Balaban J connectivity index is 1.63. The molecule has 1 fully saturated rings. The minimum Gasteiger partial charge on any atom is -0.355 e. The number of hydrogen-bond acceptors (Lipinski definition) is 5. The summed E-state index contributed by atoms with van der Waals surface area (Å²) < 4.78 is 0. The lowest BCUT2D eigenvalue weighted by molar-refractivity contribution is 0.205. The lowest BCUT2D eigenvalue weighted by atomic mass is 10.0. The van der Waals surface area contributed by atoms with Crippen LogP contribution in [0.5, 0.6) is 0 Å². The van der Waals surface area contributed by atoms with Gasteiger partial charge in [0.05, 0.1) is 5.69 Å². The van der Waals surface area contributed by atoms with Crippen LogP contribution in [0.15, 0.2) is 43.0 Å². The van der Waals surface area contributed by atoms with Crippen LogP contribution < -0.4 is 4.90 Å². The zero-order valence-electron chi connectivity index (χ0n) is 12.4. The third-order valence-electron chi connectivity index (χ3n) is 4.02. The summed E-state index contributed by atoms with van der Waals surface area (Å²) in [5.41, 5.74) is 1.02. The highest BCUT2D eigenvalue weighted by molar-refractivity contribution is 5.38. The Morgan fingerprint density at radius 1 is 1.24 bits per heavy atom. The van der Waals surface area contributed by atoms with Crippen LogP contribution in [0.4, 0.5) is 5.82 Å². The van der Waals surface area contributed by atoms with Crippen molar-refractivity contribution in [1.82, 2.24) is 19.9 Å². The minimum atomic E-state index is 0.530. The van der Waals surface area contributed by atoms with Gasteiger partial charge in [0.15, 0.2) is 0 Å². The second kappa shape index (κ2) is 6.63. The summed E-state index contributed by atoms with van der Waals surface area (Å²) in [6, 6.07) is 6.63. The van der Waals surface area contributed by atoms with Gasteiger partial charge in [-0.15, -0.1) is 0 Å². The average molecular weight is 283 g/mol. The summed E-state index contributed by atoms with van der Waals surface area (Å²) in [6.07, 6.45) is 9.60. The molecule has 3 heterocycles. The third kappa shape index (κ3) is 3.55. The number of likely N-dealkylation sites (N-methyl/N-ethyl adjacent to an activating group) is 1. The number of aromatic nitrogens is 3. The predicted octanol–water partition coefficient (Wildman–Crippen LogP) is 1.97. The third-order valence-corrected chi connectivity index (χ3v) is 4.02. The monoisotopic (exact) mass is 283 g/mol. The zero-order valence-corrected chi connectivity index (χ0v) is 12.4. The van der Waals surface area contributed by atoms with E-state index in [2.05, 4.69) is 43.9 Å². The Hall–Kier alpha value is -2.01. The van der Waals surface area contributed by atoms with Gasteiger partial charge in [-0.2, -0.15) is 0 Å². The van der Waals surface area contributed by atoms with E-state index in [-0.39, 0.29) is 0 Å². The van der Waals surface area contributed by atoms with Crippen molar-refractivity contribution >= 4 is 5.82 Å². The van der Waals surface area contributed by atoms with Crippen LogP contribution in [-0.2, 0) is 6.54 Å². The lowest BCUT2D eigenvalue weighted by Crippen LogP contribution is -2.46. The molecule has 3 rings (SSSR count). The Morgan fingerprint density at radius 2 is 2.19 bits per heavy atom. The molecule has 1 saturated heterocycles. The maximum Gasteiger partial charge on any atom is 0.128 e. The summed E-state index contributed by atoms with van der Waals surface area (Å²) in [4.78, 5) is 17.7. The van der Waals surface area contributed by atoms with Gasteiger partial charge in [-0.05, 0) is 32.0 Å². The highest BCUT2D eigenvalue weighted by Crippen LogP contribution is 2.20. The summed E-state index contributed by atoms with van der Waals surface area (Å²) >= 11 is 0. The molecule has 0 aromatic carbocycles. The van der Waals surface area contributed by atoms with Crippen LogP contribution in [0.25, 0.3) is 0 Å². The molecule has 1 aliphatic heterocycles. The van der Waals surface area contributed by atoms with Crippen molar-refractivity contribution < 1.29 is 0 Å². The van der Waals surface area contributed by atoms with Gasteiger partial charge in [0.25, 0.3) is 0 Å². The van der Waals surface area contributed by atoms with E-state index in [0.29, 0.717) is 6.04 Å². The highest BCUT2D eigenvalue weighted by Gasteiger charge is 2.24. The largest absolute Gasteiger partial charge is 0.355 e. The molecule has 5 nitrogen and oxygen atoms in total. The quantitative estimate of drug-likeness (QED) is 0.858. The molecule has 0 saturated carbocycles. The maximum absolute atomic E-state index is 4.47. The van der Waals surface area contributed by atoms with Gasteiger partial charge in [0, 0.05) is 50.5 Å². The molecule has 1 aliphatic rings. The van der Waals surface area contributed by atoms with E-state index in [9.17, 15) is 0 Å². The molecule has 1 atom stereocenters. The standard InChI is InChI=1S/C16H21N5/c1-20(12-14-11-17-8-9-18-14)15-5-4-10-21(13-15)16-6-2-3-7-19-16/h2-3,6-9,11,15H,4-5,10,12-13H2,1H3. The van der Waals surface area contributed by atoms with Crippen LogP contribution >= 0.6 is 0 Å². The summed E-state index contributed by atoms with van der Waals surface area (Å²) in [7, 11) is 2.17. The first-order chi connectivity index (χ1) is 10.3. The molecule has 5 heteroatoms. The first-order valence-electron chi connectivity index (χ1n) is 7.44. The van der Waals surface area contributed by atoms with Gasteiger partial charge < -0.3 is 4.90 Å². The molecule has 0 amide bonds. The van der Waals surface area contributed by atoms with Crippen molar-refractivity contribution in [3.63, 3.8) is 0 Å². The first kappa shape index (κ1) is 13.9. The number of rotatable bonds is 4. The van der Waals surface area contributed by atoms with Crippen molar-refractivity contribution in [1.29, 1.82) is 0 Å². The lowest BCUT2D eigenvalue weighted by Gasteiger charge is -2.38. The topological polar surface area (TPSA) is 45.2 Å². The van der Waals surface area contributed by atoms with Crippen molar-refractivity contribution in [2.24, 2.45) is 0 Å². The van der Waals surface area contributed by atoms with Crippen molar-refractivity contribution in [3.8, 4) is 0 Å². The van der Waals surface area contributed by atoms with E-state index in [4.69, 9.17) is 0 Å². The summed E-state index contributed by atoms with van der Waals surface area (Å²) in [5.74, 6) is 1.08. The highest BCUT2D eigenvalue weighted by atomic mass is 15.2. The number of pyridine rings is 1.